The van der Waals surface area contributed by atoms with E-state index < -0.39 is 0 Å². The molecule has 3 amide bonds. The molecule has 1 aliphatic heterocycles. The van der Waals surface area contributed by atoms with E-state index in [1.165, 1.54) is 4.88 Å². The van der Waals surface area contributed by atoms with Gasteiger partial charge in [0, 0.05) is 63.4 Å². The lowest BCUT2D eigenvalue weighted by molar-refractivity contribution is 0.0953. The Morgan fingerprint density at radius 2 is 1.83 bits per heavy atom. The van der Waals surface area contributed by atoms with E-state index >= 15 is 0 Å². The maximum Gasteiger partial charge on any atom is 0.319 e. The van der Waals surface area contributed by atoms with E-state index in [4.69, 9.17) is 0 Å². The van der Waals surface area contributed by atoms with Crippen LogP contribution in [0.15, 0.2) is 48.0 Å². The van der Waals surface area contributed by atoms with Crippen LogP contribution in [0, 0.1) is 0 Å². The van der Waals surface area contributed by atoms with E-state index in [0.29, 0.717) is 25.2 Å². The minimum absolute atomic E-state index is 0.0520. The molecule has 0 bridgehead atoms. The largest absolute Gasteiger partial charge is 0.354 e. The number of nitrogens with one attached hydrogen (secondary N) is 1. The molecule has 8 heteroatoms. The third-order valence-electron chi connectivity index (χ3n) is 5.39. The highest BCUT2D eigenvalue weighted by molar-refractivity contribution is 7.09. The summed E-state index contributed by atoms with van der Waals surface area (Å²) in [6, 6.07) is 12.1. The molecule has 0 radical (unpaired) electrons. The number of amides is 3. The van der Waals surface area contributed by atoms with E-state index in [-0.39, 0.29) is 11.9 Å². The first-order chi connectivity index (χ1) is 14.5. The Morgan fingerprint density at radius 3 is 2.53 bits per heavy atom. The summed E-state index contributed by atoms with van der Waals surface area (Å²) in [5.41, 5.74) is 1.69. The highest BCUT2D eigenvalue weighted by Gasteiger charge is 2.23. The quantitative estimate of drug-likeness (QED) is 0.684. The van der Waals surface area contributed by atoms with Gasteiger partial charge in [-0.2, -0.15) is 0 Å². The Balaban J connectivity index is 1.43. The Morgan fingerprint density at radius 1 is 1.07 bits per heavy atom. The van der Waals surface area contributed by atoms with Gasteiger partial charge in [-0.3, -0.25) is 4.79 Å². The fourth-order valence-corrected chi connectivity index (χ4v) is 4.45. The molecule has 1 aliphatic rings. The van der Waals surface area contributed by atoms with Gasteiger partial charge in [0.25, 0.3) is 5.91 Å². The van der Waals surface area contributed by atoms with Crippen molar-refractivity contribution >= 4 is 34.6 Å². The van der Waals surface area contributed by atoms with E-state index in [1.54, 1.807) is 30.3 Å². The molecule has 0 aliphatic carbocycles. The number of rotatable bonds is 5. The number of hydrogen-bond donors (Lipinski definition) is 1. The van der Waals surface area contributed by atoms with E-state index in [2.05, 4.69) is 38.2 Å². The predicted octanol–water partition coefficient (Wildman–Crippen LogP) is 2.78. The van der Waals surface area contributed by atoms with E-state index in [1.807, 2.05) is 29.3 Å². The standard InChI is InChI=1S/C22H27N5O2S/c1-24(2)22(29)26-13-11-25(12-14-26)20-8-7-18-6-5-17(16-27(18)20)21(28)23-10-9-19-4-3-15-30-19/h3-8,15-16H,9-14H2,1-2H3,(H,23,28). The minimum Gasteiger partial charge on any atom is -0.354 e. The molecule has 3 aromatic rings. The van der Waals surface area contributed by atoms with Gasteiger partial charge >= 0.3 is 6.03 Å². The number of piperazine rings is 1. The first kappa shape index (κ1) is 20.3. The number of hydrogen-bond acceptors (Lipinski definition) is 4. The number of nitrogens with zero attached hydrogens (tertiary/aromatic N) is 4. The molecule has 1 fully saturated rings. The summed E-state index contributed by atoms with van der Waals surface area (Å²) >= 11 is 1.71. The molecule has 0 unspecified atom stereocenters. The zero-order chi connectivity index (χ0) is 21.1. The Labute approximate surface area is 180 Å². The molecular weight excluding hydrogens is 398 g/mol. The summed E-state index contributed by atoms with van der Waals surface area (Å²) in [5.74, 6) is 0.990. The second kappa shape index (κ2) is 8.79. The van der Waals surface area contributed by atoms with Crippen LogP contribution in [0.4, 0.5) is 10.6 Å². The van der Waals surface area contributed by atoms with Gasteiger partial charge in [0.05, 0.1) is 5.56 Å². The zero-order valence-electron chi connectivity index (χ0n) is 17.4. The second-order valence-corrected chi connectivity index (χ2v) is 8.67. The summed E-state index contributed by atoms with van der Waals surface area (Å²) in [5, 5.41) is 5.06. The third kappa shape index (κ3) is 4.28. The van der Waals surface area contributed by atoms with Gasteiger partial charge in [-0.1, -0.05) is 6.07 Å². The van der Waals surface area contributed by atoms with Crippen molar-refractivity contribution in [1.29, 1.82) is 0 Å². The number of pyridine rings is 1. The predicted molar refractivity (Wildman–Crippen MR) is 121 cm³/mol. The highest BCUT2D eigenvalue weighted by Crippen LogP contribution is 2.22. The van der Waals surface area contributed by atoms with Crippen molar-refractivity contribution < 1.29 is 9.59 Å². The first-order valence-corrected chi connectivity index (χ1v) is 11.0. The van der Waals surface area contributed by atoms with Crippen LogP contribution in [0.1, 0.15) is 15.2 Å². The number of aromatic nitrogens is 1. The summed E-state index contributed by atoms with van der Waals surface area (Å²) in [4.78, 5) is 31.8. The average molecular weight is 426 g/mol. The summed E-state index contributed by atoms with van der Waals surface area (Å²) in [7, 11) is 3.56. The van der Waals surface area contributed by atoms with E-state index in [0.717, 1.165) is 30.8 Å². The molecule has 0 spiro atoms. The van der Waals surface area contributed by atoms with Gasteiger partial charge in [0.1, 0.15) is 5.82 Å². The fraction of sp³-hybridized carbons (Fsp3) is 0.364. The lowest BCUT2D eigenvalue weighted by Crippen LogP contribution is -2.51. The lowest BCUT2D eigenvalue weighted by Gasteiger charge is -2.36. The van der Waals surface area contributed by atoms with Crippen molar-refractivity contribution in [1.82, 2.24) is 19.5 Å². The molecule has 158 valence electrons. The maximum absolute atomic E-state index is 12.6. The smallest absolute Gasteiger partial charge is 0.319 e. The SMILES string of the molecule is CN(C)C(=O)N1CCN(c2ccc3ccc(C(=O)NCCc4cccs4)cn23)CC1. The topological polar surface area (TPSA) is 60.3 Å². The summed E-state index contributed by atoms with van der Waals surface area (Å²) < 4.78 is 2.07. The number of carbonyl (C=O) groups is 2. The molecular formula is C22H27N5O2S. The lowest BCUT2D eigenvalue weighted by atomic mass is 10.2. The van der Waals surface area contributed by atoms with Crippen molar-refractivity contribution in [3.8, 4) is 0 Å². The van der Waals surface area contributed by atoms with Gasteiger partial charge in [-0.05, 0) is 42.1 Å². The van der Waals surface area contributed by atoms with Crippen molar-refractivity contribution in [3.05, 3.63) is 58.4 Å². The molecule has 1 N–H and O–H groups in total. The number of carbonyl (C=O) groups excluding carboxylic acids is 2. The summed E-state index contributed by atoms with van der Waals surface area (Å²) in [6.07, 6.45) is 2.75. The average Bonchev–Trinajstić information content (AvgIpc) is 3.42. The van der Waals surface area contributed by atoms with Crippen LogP contribution in [-0.2, 0) is 6.42 Å². The first-order valence-electron chi connectivity index (χ1n) is 10.2. The second-order valence-electron chi connectivity index (χ2n) is 7.64. The van der Waals surface area contributed by atoms with Crippen LogP contribution in [0.3, 0.4) is 0 Å². The Bertz CT molecular complexity index is 1020. The van der Waals surface area contributed by atoms with Crippen molar-refractivity contribution in [2.24, 2.45) is 0 Å². The van der Waals surface area contributed by atoms with Crippen molar-refractivity contribution in [2.45, 2.75) is 6.42 Å². The van der Waals surface area contributed by atoms with Gasteiger partial charge in [-0.15, -0.1) is 11.3 Å². The molecule has 30 heavy (non-hydrogen) atoms. The minimum atomic E-state index is -0.0606. The molecule has 3 aromatic heterocycles. The Hall–Kier alpha value is -3.00. The normalized spacial score (nSPS) is 14.2. The van der Waals surface area contributed by atoms with Crippen LogP contribution in [-0.4, -0.2) is 73.0 Å². The van der Waals surface area contributed by atoms with E-state index in [9.17, 15) is 9.59 Å². The molecule has 4 rings (SSSR count). The fourth-order valence-electron chi connectivity index (χ4n) is 3.74. The van der Waals surface area contributed by atoms with Gasteiger partial charge in [-0.25, -0.2) is 4.79 Å². The molecule has 1 saturated heterocycles. The summed E-state index contributed by atoms with van der Waals surface area (Å²) in [6.45, 7) is 3.53. The number of thiophene rings is 1. The van der Waals surface area contributed by atoms with Crippen LogP contribution < -0.4 is 10.2 Å². The van der Waals surface area contributed by atoms with Crippen LogP contribution in [0.5, 0.6) is 0 Å². The number of urea groups is 1. The monoisotopic (exact) mass is 425 g/mol. The molecule has 4 heterocycles. The highest BCUT2D eigenvalue weighted by atomic mass is 32.1. The molecule has 7 nitrogen and oxygen atoms in total. The van der Waals surface area contributed by atoms with Crippen LogP contribution in [0.2, 0.25) is 0 Å². The zero-order valence-corrected chi connectivity index (χ0v) is 18.2. The van der Waals surface area contributed by atoms with Crippen LogP contribution in [0.25, 0.3) is 5.52 Å². The molecule has 0 saturated carbocycles. The maximum atomic E-state index is 12.6. The third-order valence-corrected chi connectivity index (χ3v) is 6.32. The van der Waals surface area contributed by atoms with Crippen molar-refractivity contribution in [2.75, 3.05) is 51.7 Å². The molecule has 0 aromatic carbocycles. The number of fused-ring (bicyclic) bond motifs is 1. The Kier molecular flexibility index (Phi) is 5.94. The van der Waals surface area contributed by atoms with Crippen LogP contribution >= 0.6 is 11.3 Å². The molecule has 0 atom stereocenters. The van der Waals surface area contributed by atoms with Crippen molar-refractivity contribution in [3.63, 3.8) is 0 Å². The van der Waals surface area contributed by atoms with Gasteiger partial charge in [0.2, 0.25) is 0 Å². The van der Waals surface area contributed by atoms with Gasteiger partial charge in [0.15, 0.2) is 0 Å². The van der Waals surface area contributed by atoms with Gasteiger partial charge < -0.3 is 24.4 Å². The number of anilines is 1.